The average molecular weight is 342 g/mol. The van der Waals surface area contributed by atoms with Crippen molar-refractivity contribution in [3.8, 4) is 0 Å². The second kappa shape index (κ2) is 7.29. The highest BCUT2D eigenvalue weighted by Gasteiger charge is 2.10. The van der Waals surface area contributed by atoms with E-state index in [1.807, 2.05) is 54.6 Å². The van der Waals surface area contributed by atoms with Gasteiger partial charge in [-0.15, -0.1) is 5.10 Å². The standard InChI is InChI=1S/C21H18N4O/c26-14-16-4-3-5-17(12-16)23-21-19-7-2-1-6-18(19)20(24-25-21)13-15-8-10-22-11-9-15/h1-12,26H,13-14H2,(H,23,25). The summed E-state index contributed by atoms with van der Waals surface area (Å²) < 4.78 is 0. The van der Waals surface area contributed by atoms with Crippen molar-refractivity contribution in [2.45, 2.75) is 13.0 Å². The van der Waals surface area contributed by atoms with Crippen LogP contribution in [0.5, 0.6) is 0 Å². The van der Waals surface area contributed by atoms with E-state index in [2.05, 4.69) is 26.6 Å². The molecule has 4 rings (SSSR count). The first kappa shape index (κ1) is 16.2. The van der Waals surface area contributed by atoms with E-state index in [0.29, 0.717) is 12.2 Å². The maximum absolute atomic E-state index is 9.32. The molecule has 0 saturated heterocycles. The van der Waals surface area contributed by atoms with Gasteiger partial charge in [0.05, 0.1) is 12.3 Å². The number of aliphatic hydroxyl groups excluding tert-OH is 1. The topological polar surface area (TPSA) is 70.9 Å². The van der Waals surface area contributed by atoms with Gasteiger partial charge >= 0.3 is 0 Å². The lowest BCUT2D eigenvalue weighted by Crippen LogP contribution is -2.02. The maximum Gasteiger partial charge on any atom is 0.160 e. The van der Waals surface area contributed by atoms with Gasteiger partial charge in [-0.1, -0.05) is 36.4 Å². The summed E-state index contributed by atoms with van der Waals surface area (Å²) in [6, 6.07) is 19.7. The molecule has 128 valence electrons. The second-order valence-corrected chi connectivity index (χ2v) is 6.06. The molecule has 0 fully saturated rings. The van der Waals surface area contributed by atoms with Crippen molar-refractivity contribution in [2.24, 2.45) is 0 Å². The summed E-state index contributed by atoms with van der Waals surface area (Å²) in [5, 5.41) is 23.6. The van der Waals surface area contributed by atoms with Crippen LogP contribution in [0.2, 0.25) is 0 Å². The highest BCUT2D eigenvalue weighted by Crippen LogP contribution is 2.27. The molecule has 5 heteroatoms. The molecule has 0 amide bonds. The first-order valence-electron chi connectivity index (χ1n) is 8.43. The molecule has 5 nitrogen and oxygen atoms in total. The number of hydrogen-bond acceptors (Lipinski definition) is 5. The van der Waals surface area contributed by atoms with E-state index in [4.69, 9.17) is 0 Å². The summed E-state index contributed by atoms with van der Waals surface area (Å²) in [4.78, 5) is 4.06. The molecule has 2 heterocycles. The molecule has 0 aliphatic carbocycles. The van der Waals surface area contributed by atoms with Gasteiger partial charge in [0.25, 0.3) is 0 Å². The molecule has 0 atom stereocenters. The summed E-state index contributed by atoms with van der Waals surface area (Å²) >= 11 is 0. The molecule has 0 bridgehead atoms. The molecule has 0 saturated carbocycles. The van der Waals surface area contributed by atoms with Crippen LogP contribution in [0.1, 0.15) is 16.8 Å². The van der Waals surface area contributed by atoms with Crippen LogP contribution in [0.15, 0.2) is 73.1 Å². The van der Waals surface area contributed by atoms with Crippen molar-refractivity contribution in [1.29, 1.82) is 0 Å². The van der Waals surface area contributed by atoms with Crippen LogP contribution in [0.3, 0.4) is 0 Å². The van der Waals surface area contributed by atoms with E-state index in [9.17, 15) is 5.11 Å². The minimum Gasteiger partial charge on any atom is -0.392 e. The van der Waals surface area contributed by atoms with E-state index >= 15 is 0 Å². The Hall–Kier alpha value is -3.31. The number of rotatable bonds is 5. The van der Waals surface area contributed by atoms with Crippen LogP contribution in [0.4, 0.5) is 11.5 Å². The smallest absolute Gasteiger partial charge is 0.160 e. The minimum atomic E-state index is 0.00676. The van der Waals surface area contributed by atoms with E-state index in [0.717, 1.165) is 33.3 Å². The van der Waals surface area contributed by atoms with Crippen LogP contribution < -0.4 is 5.32 Å². The molecule has 2 N–H and O–H groups in total. The van der Waals surface area contributed by atoms with Crippen LogP contribution in [0.25, 0.3) is 10.8 Å². The summed E-state index contributed by atoms with van der Waals surface area (Å²) in [6.07, 6.45) is 4.28. The number of benzene rings is 2. The lowest BCUT2D eigenvalue weighted by molar-refractivity contribution is 0.282. The zero-order valence-corrected chi connectivity index (χ0v) is 14.1. The van der Waals surface area contributed by atoms with Crippen molar-refractivity contribution in [3.63, 3.8) is 0 Å². The van der Waals surface area contributed by atoms with Crippen molar-refractivity contribution in [1.82, 2.24) is 15.2 Å². The fourth-order valence-electron chi connectivity index (χ4n) is 2.96. The predicted octanol–water partition coefficient (Wildman–Crippen LogP) is 3.85. The zero-order chi connectivity index (χ0) is 17.8. The molecule has 26 heavy (non-hydrogen) atoms. The number of nitrogens with one attached hydrogen (secondary N) is 1. The van der Waals surface area contributed by atoms with E-state index in [1.54, 1.807) is 12.4 Å². The second-order valence-electron chi connectivity index (χ2n) is 6.06. The van der Waals surface area contributed by atoms with Gasteiger partial charge in [-0.2, -0.15) is 5.10 Å². The highest BCUT2D eigenvalue weighted by molar-refractivity contribution is 5.94. The van der Waals surface area contributed by atoms with Gasteiger partial charge in [-0.05, 0) is 35.4 Å². The van der Waals surface area contributed by atoms with Gasteiger partial charge in [-0.3, -0.25) is 4.98 Å². The predicted molar refractivity (Wildman–Crippen MR) is 102 cm³/mol. The fraction of sp³-hybridized carbons (Fsp3) is 0.0952. The van der Waals surface area contributed by atoms with E-state index in [1.165, 1.54) is 0 Å². The molecule has 4 aromatic rings. The molecule has 0 unspecified atom stereocenters. The monoisotopic (exact) mass is 342 g/mol. The Morgan fingerprint density at radius 3 is 2.42 bits per heavy atom. The fourth-order valence-corrected chi connectivity index (χ4v) is 2.96. The van der Waals surface area contributed by atoms with Crippen molar-refractivity contribution < 1.29 is 5.11 Å². The van der Waals surface area contributed by atoms with Gasteiger partial charge in [0.1, 0.15) is 0 Å². The Morgan fingerprint density at radius 1 is 0.808 bits per heavy atom. The summed E-state index contributed by atoms with van der Waals surface area (Å²) in [7, 11) is 0. The van der Waals surface area contributed by atoms with E-state index in [-0.39, 0.29) is 6.61 Å². The Balaban J connectivity index is 1.72. The maximum atomic E-state index is 9.32. The average Bonchev–Trinajstić information content (AvgIpc) is 2.71. The normalized spacial score (nSPS) is 10.8. The Bertz CT molecular complexity index is 1030. The van der Waals surface area contributed by atoms with E-state index < -0.39 is 0 Å². The lowest BCUT2D eigenvalue weighted by Gasteiger charge is -2.11. The number of pyridine rings is 1. The lowest BCUT2D eigenvalue weighted by atomic mass is 10.0. The van der Waals surface area contributed by atoms with Crippen LogP contribution >= 0.6 is 0 Å². The molecular weight excluding hydrogens is 324 g/mol. The third-order valence-electron chi connectivity index (χ3n) is 4.26. The molecule has 0 spiro atoms. The number of aliphatic hydroxyl groups is 1. The molecule has 0 aliphatic rings. The number of hydrogen-bond donors (Lipinski definition) is 2. The van der Waals surface area contributed by atoms with Crippen molar-refractivity contribution in [3.05, 3.63) is 89.9 Å². The first-order valence-corrected chi connectivity index (χ1v) is 8.43. The van der Waals surface area contributed by atoms with Gasteiger partial charge in [0.15, 0.2) is 5.82 Å². The molecular formula is C21H18N4O. The van der Waals surface area contributed by atoms with Gasteiger partial charge in [0, 0.05) is 35.3 Å². The molecule has 2 aromatic carbocycles. The number of anilines is 2. The zero-order valence-electron chi connectivity index (χ0n) is 14.1. The van der Waals surface area contributed by atoms with Crippen LogP contribution in [0, 0.1) is 0 Å². The molecule has 0 aliphatic heterocycles. The Labute approximate surface area is 151 Å². The third kappa shape index (κ3) is 3.38. The number of nitrogens with zero attached hydrogens (tertiary/aromatic N) is 3. The SMILES string of the molecule is OCc1cccc(Nc2nnc(Cc3ccncc3)c3ccccc23)c1. The molecule has 0 radical (unpaired) electrons. The Kier molecular flexibility index (Phi) is 4.53. The third-order valence-corrected chi connectivity index (χ3v) is 4.26. The van der Waals surface area contributed by atoms with Gasteiger partial charge < -0.3 is 10.4 Å². The summed E-state index contributed by atoms with van der Waals surface area (Å²) in [5.41, 5.74) is 3.80. The quantitative estimate of drug-likeness (QED) is 0.576. The Morgan fingerprint density at radius 2 is 1.62 bits per heavy atom. The van der Waals surface area contributed by atoms with Crippen molar-refractivity contribution >= 4 is 22.3 Å². The largest absolute Gasteiger partial charge is 0.392 e. The minimum absolute atomic E-state index is 0.00676. The number of aromatic nitrogens is 3. The number of fused-ring (bicyclic) bond motifs is 1. The summed E-state index contributed by atoms with van der Waals surface area (Å²) in [6.45, 7) is 0.00676. The van der Waals surface area contributed by atoms with Crippen LogP contribution in [-0.4, -0.2) is 20.3 Å². The van der Waals surface area contributed by atoms with Crippen LogP contribution in [-0.2, 0) is 13.0 Å². The van der Waals surface area contributed by atoms with Crippen molar-refractivity contribution in [2.75, 3.05) is 5.32 Å². The van der Waals surface area contributed by atoms with Gasteiger partial charge in [-0.25, -0.2) is 0 Å². The summed E-state index contributed by atoms with van der Waals surface area (Å²) in [5.74, 6) is 0.703. The van der Waals surface area contributed by atoms with Gasteiger partial charge in [0.2, 0.25) is 0 Å². The first-order chi connectivity index (χ1) is 12.8. The molecule has 2 aromatic heterocycles. The highest BCUT2D eigenvalue weighted by atomic mass is 16.3.